The highest BCUT2D eigenvalue weighted by molar-refractivity contribution is 6.13. The summed E-state index contributed by atoms with van der Waals surface area (Å²) in [5.41, 5.74) is 5.78. The number of imidazole rings is 1. The Labute approximate surface area is 179 Å². The number of hydrogen-bond donors (Lipinski definition) is 1. The number of aromatic nitrogens is 5. The molecule has 0 aliphatic heterocycles. The van der Waals surface area contributed by atoms with Crippen LogP contribution in [-0.2, 0) is 13.6 Å². The van der Waals surface area contributed by atoms with Crippen molar-refractivity contribution < 1.29 is 4.79 Å². The van der Waals surface area contributed by atoms with Gasteiger partial charge in [0.05, 0.1) is 34.0 Å². The molecule has 7 heteroatoms. The molecule has 5 rings (SSSR count). The Bertz CT molecular complexity index is 1450. The summed E-state index contributed by atoms with van der Waals surface area (Å²) in [6.07, 6.45) is 1.81. The summed E-state index contributed by atoms with van der Waals surface area (Å²) in [7, 11) is 1.89. The van der Waals surface area contributed by atoms with E-state index in [9.17, 15) is 4.79 Å². The first kappa shape index (κ1) is 19.0. The highest BCUT2D eigenvalue weighted by Gasteiger charge is 2.18. The van der Waals surface area contributed by atoms with E-state index in [1.54, 1.807) is 0 Å². The van der Waals surface area contributed by atoms with E-state index < -0.39 is 0 Å². The van der Waals surface area contributed by atoms with Crippen molar-refractivity contribution in [3.63, 3.8) is 0 Å². The fourth-order valence-electron chi connectivity index (χ4n) is 3.94. The summed E-state index contributed by atoms with van der Waals surface area (Å²) in [4.78, 5) is 22.7. The number of fused-ring (bicyclic) bond motifs is 2. The molecule has 3 heterocycles. The number of benzene rings is 2. The van der Waals surface area contributed by atoms with E-state index in [1.807, 2.05) is 90.9 Å². The lowest BCUT2D eigenvalue weighted by Crippen LogP contribution is -2.16. The number of anilines is 1. The highest BCUT2D eigenvalue weighted by atomic mass is 16.1. The second-order valence-corrected chi connectivity index (χ2v) is 7.47. The molecule has 2 aromatic carbocycles. The Hall–Kier alpha value is -4.00. The van der Waals surface area contributed by atoms with Gasteiger partial charge in [0.2, 0.25) is 5.95 Å². The quantitative estimate of drug-likeness (QED) is 0.471. The van der Waals surface area contributed by atoms with E-state index in [4.69, 9.17) is 4.98 Å². The van der Waals surface area contributed by atoms with Crippen molar-refractivity contribution in [3.8, 4) is 11.3 Å². The third kappa shape index (κ3) is 3.15. The van der Waals surface area contributed by atoms with Gasteiger partial charge in [0.15, 0.2) is 0 Å². The molecule has 3 aromatic heterocycles. The summed E-state index contributed by atoms with van der Waals surface area (Å²) >= 11 is 0. The zero-order valence-electron chi connectivity index (χ0n) is 17.6. The van der Waals surface area contributed by atoms with Crippen molar-refractivity contribution in [2.75, 3.05) is 5.32 Å². The predicted octanol–water partition coefficient (Wildman–Crippen LogP) is 4.57. The number of nitrogens with zero attached hydrogens (tertiary/aromatic N) is 5. The standard InChI is InChI=1S/C24H22N6O/c1-4-30-15(2)18(14-25-30)21-13-17(16-9-5-6-10-19(16)26-21)23(31)28-24-27-20-11-7-8-12-22(20)29(24)3/h5-14H,4H2,1-3H3,(H,27,28,31). The number of pyridine rings is 1. The Morgan fingerprint density at radius 2 is 1.77 bits per heavy atom. The van der Waals surface area contributed by atoms with Gasteiger partial charge < -0.3 is 4.57 Å². The molecule has 0 aliphatic rings. The van der Waals surface area contributed by atoms with Crippen molar-refractivity contribution in [2.45, 2.75) is 20.4 Å². The molecule has 7 nitrogen and oxygen atoms in total. The zero-order valence-corrected chi connectivity index (χ0v) is 17.6. The maximum absolute atomic E-state index is 13.4. The molecule has 0 aliphatic carbocycles. The lowest BCUT2D eigenvalue weighted by Gasteiger charge is -2.10. The molecule has 0 fully saturated rings. The molecule has 0 spiro atoms. The monoisotopic (exact) mass is 410 g/mol. The average molecular weight is 410 g/mol. The van der Waals surface area contributed by atoms with Crippen molar-refractivity contribution >= 4 is 33.8 Å². The van der Waals surface area contributed by atoms with Crippen LogP contribution < -0.4 is 5.32 Å². The first-order chi connectivity index (χ1) is 15.1. The lowest BCUT2D eigenvalue weighted by molar-refractivity contribution is 0.102. The largest absolute Gasteiger partial charge is 0.313 e. The van der Waals surface area contributed by atoms with Crippen LogP contribution in [0.2, 0.25) is 0 Å². The fraction of sp³-hybridized carbons (Fsp3) is 0.167. The Morgan fingerprint density at radius 1 is 1.03 bits per heavy atom. The van der Waals surface area contributed by atoms with Crippen LogP contribution in [0.25, 0.3) is 33.2 Å². The number of nitrogens with one attached hydrogen (secondary N) is 1. The van der Waals surface area contributed by atoms with Crippen LogP contribution in [0.4, 0.5) is 5.95 Å². The van der Waals surface area contributed by atoms with Gasteiger partial charge in [0.25, 0.3) is 5.91 Å². The fourth-order valence-corrected chi connectivity index (χ4v) is 3.94. The second kappa shape index (κ2) is 7.36. The minimum atomic E-state index is -0.223. The summed E-state index contributed by atoms with van der Waals surface area (Å²) in [6.45, 7) is 4.84. The average Bonchev–Trinajstić information content (AvgIpc) is 3.32. The number of para-hydroxylation sites is 3. The van der Waals surface area contributed by atoms with Gasteiger partial charge in [-0.1, -0.05) is 30.3 Å². The van der Waals surface area contributed by atoms with Crippen LogP contribution in [0.15, 0.2) is 60.8 Å². The summed E-state index contributed by atoms with van der Waals surface area (Å²) in [5, 5.41) is 8.21. The van der Waals surface area contributed by atoms with Crippen LogP contribution in [0.3, 0.4) is 0 Å². The zero-order chi connectivity index (χ0) is 21.5. The summed E-state index contributed by atoms with van der Waals surface area (Å²) < 4.78 is 3.80. The second-order valence-electron chi connectivity index (χ2n) is 7.47. The number of carbonyl (C=O) groups is 1. The first-order valence-electron chi connectivity index (χ1n) is 10.2. The van der Waals surface area contributed by atoms with Crippen molar-refractivity contribution in [1.29, 1.82) is 0 Å². The van der Waals surface area contributed by atoms with Gasteiger partial charge >= 0.3 is 0 Å². The molecule has 1 amide bonds. The molecule has 0 unspecified atom stereocenters. The molecule has 5 aromatic rings. The first-order valence-corrected chi connectivity index (χ1v) is 10.2. The van der Waals surface area contributed by atoms with Crippen molar-refractivity contribution in [3.05, 3.63) is 72.1 Å². The van der Waals surface area contributed by atoms with Gasteiger partial charge in [-0.2, -0.15) is 5.10 Å². The van der Waals surface area contributed by atoms with E-state index in [0.717, 1.165) is 45.4 Å². The number of carbonyl (C=O) groups excluding carboxylic acids is 1. The van der Waals surface area contributed by atoms with Crippen molar-refractivity contribution in [1.82, 2.24) is 24.3 Å². The van der Waals surface area contributed by atoms with Crippen LogP contribution in [0.1, 0.15) is 23.0 Å². The highest BCUT2D eigenvalue weighted by Crippen LogP contribution is 2.28. The minimum absolute atomic E-state index is 0.223. The van der Waals surface area contributed by atoms with E-state index >= 15 is 0 Å². The van der Waals surface area contributed by atoms with Gasteiger partial charge in [-0.15, -0.1) is 0 Å². The van der Waals surface area contributed by atoms with E-state index in [-0.39, 0.29) is 5.91 Å². The van der Waals surface area contributed by atoms with Crippen LogP contribution in [-0.4, -0.2) is 30.2 Å². The summed E-state index contributed by atoms with van der Waals surface area (Å²) in [6, 6.07) is 17.3. The van der Waals surface area contributed by atoms with Gasteiger partial charge in [0.1, 0.15) is 0 Å². The molecule has 1 N–H and O–H groups in total. The molecule has 31 heavy (non-hydrogen) atoms. The van der Waals surface area contributed by atoms with Gasteiger partial charge in [0, 0.05) is 30.2 Å². The Balaban J connectivity index is 1.61. The van der Waals surface area contributed by atoms with E-state index in [0.29, 0.717) is 11.5 Å². The summed E-state index contributed by atoms with van der Waals surface area (Å²) in [5.74, 6) is 0.280. The van der Waals surface area contributed by atoms with Crippen LogP contribution >= 0.6 is 0 Å². The van der Waals surface area contributed by atoms with Gasteiger partial charge in [-0.05, 0) is 38.1 Å². The SMILES string of the molecule is CCn1ncc(-c2cc(C(=O)Nc3nc4ccccc4n3C)c3ccccc3n2)c1C. The number of hydrogen-bond acceptors (Lipinski definition) is 4. The molecule has 0 saturated carbocycles. The smallest absolute Gasteiger partial charge is 0.258 e. The van der Waals surface area contributed by atoms with Crippen molar-refractivity contribution in [2.24, 2.45) is 7.05 Å². The molecular formula is C24H22N6O. The van der Waals surface area contributed by atoms with Crippen LogP contribution in [0, 0.1) is 6.92 Å². The molecule has 154 valence electrons. The lowest BCUT2D eigenvalue weighted by atomic mass is 10.0. The number of aryl methyl sites for hydroxylation is 2. The molecule has 0 radical (unpaired) electrons. The molecule has 0 saturated heterocycles. The molecular weight excluding hydrogens is 388 g/mol. The van der Waals surface area contributed by atoms with Gasteiger partial charge in [-0.25, -0.2) is 9.97 Å². The third-order valence-electron chi connectivity index (χ3n) is 5.65. The minimum Gasteiger partial charge on any atom is -0.313 e. The molecule has 0 atom stereocenters. The predicted molar refractivity (Wildman–Crippen MR) is 122 cm³/mol. The number of rotatable bonds is 4. The van der Waals surface area contributed by atoms with E-state index in [1.165, 1.54) is 0 Å². The maximum atomic E-state index is 13.4. The molecule has 0 bridgehead atoms. The Kier molecular flexibility index (Phi) is 4.51. The third-order valence-corrected chi connectivity index (χ3v) is 5.65. The van der Waals surface area contributed by atoms with Gasteiger partial charge in [-0.3, -0.25) is 14.8 Å². The topological polar surface area (TPSA) is 77.6 Å². The Morgan fingerprint density at radius 3 is 2.52 bits per heavy atom. The van der Waals surface area contributed by atoms with Crippen LogP contribution in [0.5, 0.6) is 0 Å². The maximum Gasteiger partial charge on any atom is 0.258 e. The number of amides is 1. The van der Waals surface area contributed by atoms with E-state index in [2.05, 4.69) is 15.4 Å². The normalized spacial score (nSPS) is 11.3.